The lowest BCUT2D eigenvalue weighted by molar-refractivity contribution is 0.253. The first-order valence-corrected chi connectivity index (χ1v) is 9.45. The molecule has 0 saturated carbocycles. The van der Waals surface area contributed by atoms with E-state index in [9.17, 15) is 9.90 Å². The fourth-order valence-corrected chi connectivity index (χ4v) is 3.93. The smallest absolute Gasteiger partial charge is 0.328 e. The van der Waals surface area contributed by atoms with Gasteiger partial charge in [-0.15, -0.1) is 0 Å². The normalized spacial score (nSPS) is 15.7. The van der Waals surface area contributed by atoms with E-state index in [1.165, 1.54) is 12.5 Å². The largest absolute Gasteiger partial charge is 0.506 e. The van der Waals surface area contributed by atoms with E-state index in [-0.39, 0.29) is 17.8 Å². The number of pyridine rings is 2. The number of anilines is 3. The number of amides is 2. The quantitative estimate of drug-likeness (QED) is 0.694. The number of piperidine rings is 1. The first-order valence-electron chi connectivity index (χ1n) is 9.45. The van der Waals surface area contributed by atoms with Gasteiger partial charge in [-0.3, -0.25) is 15.2 Å². The minimum Gasteiger partial charge on any atom is -0.506 e. The number of nitrogens with one attached hydrogen (secondary N) is 1. The summed E-state index contributed by atoms with van der Waals surface area (Å²) in [7, 11) is 0. The van der Waals surface area contributed by atoms with Crippen molar-refractivity contribution in [3.8, 4) is 17.0 Å². The fraction of sp³-hybridized carbons (Fsp3) is 0.250. The molecule has 6 rings (SSSR count). The lowest BCUT2D eigenvalue weighted by atomic mass is 10.1. The van der Waals surface area contributed by atoms with Crippen molar-refractivity contribution in [1.82, 2.24) is 19.9 Å². The Morgan fingerprint density at radius 1 is 1.14 bits per heavy atom. The van der Waals surface area contributed by atoms with Gasteiger partial charge in [-0.05, 0) is 37.1 Å². The van der Waals surface area contributed by atoms with Crippen molar-refractivity contribution >= 4 is 23.4 Å². The van der Waals surface area contributed by atoms with Gasteiger partial charge in [0.05, 0.1) is 17.6 Å². The number of aromatic nitrogens is 4. The van der Waals surface area contributed by atoms with Crippen LogP contribution in [0.15, 0.2) is 49.2 Å². The van der Waals surface area contributed by atoms with Gasteiger partial charge in [-0.25, -0.2) is 19.7 Å². The molecule has 3 aliphatic heterocycles. The van der Waals surface area contributed by atoms with Crippen LogP contribution in [0.25, 0.3) is 11.3 Å². The second-order valence-electron chi connectivity index (χ2n) is 7.08. The minimum atomic E-state index is -0.266. The van der Waals surface area contributed by atoms with Gasteiger partial charge in [0, 0.05) is 37.1 Å². The van der Waals surface area contributed by atoms with Crippen LogP contribution in [0.1, 0.15) is 12.8 Å². The summed E-state index contributed by atoms with van der Waals surface area (Å²) in [6.07, 6.45) is 7.74. The molecule has 0 unspecified atom stereocenters. The van der Waals surface area contributed by atoms with Crippen LogP contribution in [0.3, 0.4) is 0 Å². The van der Waals surface area contributed by atoms with E-state index in [2.05, 4.69) is 25.2 Å². The molecule has 0 aromatic carbocycles. The molecule has 146 valence electrons. The summed E-state index contributed by atoms with van der Waals surface area (Å²) in [5.41, 5.74) is 2.27. The monoisotopic (exact) mass is 389 g/mol. The molecule has 0 radical (unpaired) electrons. The number of fused-ring (bicyclic) bond motifs is 2. The molecule has 3 aromatic heterocycles. The van der Waals surface area contributed by atoms with Crippen LogP contribution in [-0.2, 0) is 0 Å². The SMILES string of the molecule is O=C(Nc1ccncn1)N1c2nc(-c3cncc(O)c3)ccc2N2CCC1CC2. The standard InChI is InChI=1S/C20H19N7O2/c28-15-9-13(10-22-11-15)16-1-2-17-19(24-16)27(14-4-7-26(17)8-5-14)20(29)25-18-3-6-21-12-23-18/h1-3,6,9-12,14,28H,4-5,7-8H2,(H,21,23,25,29). The molecular weight excluding hydrogens is 370 g/mol. The van der Waals surface area contributed by atoms with Gasteiger partial charge in [0.1, 0.15) is 17.9 Å². The third-order valence-electron chi connectivity index (χ3n) is 5.31. The molecule has 2 amide bonds. The molecule has 1 fully saturated rings. The van der Waals surface area contributed by atoms with E-state index in [0.717, 1.165) is 31.6 Å². The van der Waals surface area contributed by atoms with E-state index in [0.29, 0.717) is 22.9 Å². The second-order valence-corrected chi connectivity index (χ2v) is 7.08. The zero-order valence-corrected chi connectivity index (χ0v) is 15.6. The van der Waals surface area contributed by atoms with Crippen molar-refractivity contribution < 1.29 is 9.90 Å². The number of aromatic hydroxyl groups is 1. The summed E-state index contributed by atoms with van der Waals surface area (Å²) in [5.74, 6) is 1.12. The Morgan fingerprint density at radius 2 is 2.00 bits per heavy atom. The summed E-state index contributed by atoms with van der Waals surface area (Å²) >= 11 is 0. The van der Waals surface area contributed by atoms with Gasteiger partial charge < -0.3 is 10.0 Å². The third kappa shape index (κ3) is 3.20. The van der Waals surface area contributed by atoms with Gasteiger partial charge >= 0.3 is 6.03 Å². The Bertz CT molecular complexity index is 1050. The van der Waals surface area contributed by atoms with Gasteiger partial charge in [-0.1, -0.05) is 0 Å². The number of hydrogen-bond acceptors (Lipinski definition) is 7. The van der Waals surface area contributed by atoms with E-state index in [1.807, 2.05) is 12.1 Å². The molecule has 3 aliphatic rings. The summed E-state index contributed by atoms with van der Waals surface area (Å²) in [5, 5.41) is 12.6. The van der Waals surface area contributed by atoms with Gasteiger partial charge in [0.15, 0.2) is 5.82 Å². The number of carbonyl (C=O) groups excluding carboxylic acids is 1. The highest BCUT2D eigenvalue weighted by molar-refractivity contribution is 6.03. The van der Waals surface area contributed by atoms with E-state index in [4.69, 9.17) is 4.98 Å². The number of carbonyl (C=O) groups is 1. The Labute approximate surface area is 167 Å². The highest BCUT2D eigenvalue weighted by Crippen LogP contribution is 2.39. The number of nitrogens with zero attached hydrogens (tertiary/aromatic N) is 6. The van der Waals surface area contributed by atoms with Crippen molar-refractivity contribution in [3.63, 3.8) is 0 Å². The van der Waals surface area contributed by atoms with Crippen molar-refractivity contribution in [1.29, 1.82) is 0 Å². The van der Waals surface area contributed by atoms with E-state index < -0.39 is 0 Å². The summed E-state index contributed by atoms with van der Waals surface area (Å²) in [4.78, 5) is 34.0. The molecule has 6 heterocycles. The minimum absolute atomic E-state index is 0.0550. The summed E-state index contributed by atoms with van der Waals surface area (Å²) < 4.78 is 0. The van der Waals surface area contributed by atoms with Crippen molar-refractivity contribution in [2.24, 2.45) is 0 Å². The molecule has 29 heavy (non-hydrogen) atoms. The molecule has 1 saturated heterocycles. The summed E-state index contributed by atoms with van der Waals surface area (Å²) in [6.45, 7) is 1.76. The Morgan fingerprint density at radius 3 is 2.76 bits per heavy atom. The maximum absolute atomic E-state index is 13.2. The van der Waals surface area contributed by atoms with Crippen molar-refractivity contribution in [2.45, 2.75) is 18.9 Å². The Hall–Kier alpha value is -3.75. The van der Waals surface area contributed by atoms with Crippen LogP contribution in [0.5, 0.6) is 5.75 Å². The van der Waals surface area contributed by atoms with Gasteiger partial charge in [0.2, 0.25) is 0 Å². The second kappa shape index (κ2) is 7.01. The van der Waals surface area contributed by atoms with Crippen LogP contribution in [0.4, 0.5) is 22.1 Å². The zero-order chi connectivity index (χ0) is 19.8. The Kier molecular flexibility index (Phi) is 4.19. The average Bonchev–Trinajstić information content (AvgIpc) is 3.00. The van der Waals surface area contributed by atoms with Crippen LogP contribution in [0.2, 0.25) is 0 Å². The predicted octanol–water partition coefficient (Wildman–Crippen LogP) is 2.66. The van der Waals surface area contributed by atoms with Crippen LogP contribution >= 0.6 is 0 Å². The number of urea groups is 1. The molecule has 0 spiro atoms. The molecule has 0 atom stereocenters. The van der Waals surface area contributed by atoms with E-state index >= 15 is 0 Å². The fourth-order valence-electron chi connectivity index (χ4n) is 3.93. The van der Waals surface area contributed by atoms with E-state index in [1.54, 1.807) is 29.4 Å². The first-order chi connectivity index (χ1) is 14.2. The van der Waals surface area contributed by atoms with Crippen molar-refractivity contribution in [2.75, 3.05) is 28.2 Å². The maximum Gasteiger partial charge on any atom is 0.328 e. The predicted molar refractivity (Wildman–Crippen MR) is 108 cm³/mol. The molecule has 2 bridgehead atoms. The molecule has 3 aromatic rings. The zero-order valence-electron chi connectivity index (χ0n) is 15.6. The lowest BCUT2D eigenvalue weighted by Gasteiger charge is -2.31. The maximum atomic E-state index is 13.2. The van der Waals surface area contributed by atoms with Gasteiger partial charge in [-0.2, -0.15) is 0 Å². The third-order valence-corrected chi connectivity index (χ3v) is 5.31. The molecule has 9 heteroatoms. The van der Waals surface area contributed by atoms with Gasteiger partial charge in [0.25, 0.3) is 0 Å². The molecular formula is C20H19N7O2. The molecule has 0 aliphatic carbocycles. The first kappa shape index (κ1) is 17.4. The number of hydrogen-bond donors (Lipinski definition) is 2. The highest BCUT2D eigenvalue weighted by Gasteiger charge is 2.37. The number of rotatable bonds is 2. The molecule has 2 N–H and O–H groups in total. The van der Waals surface area contributed by atoms with Crippen LogP contribution in [-0.4, -0.2) is 50.2 Å². The topological polar surface area (TPSA) is 107 Å². The molecule has 9 nitrogen and oxygen atoms in total. The Balaban J connectivity index is 1.57. The summed E-state index contributed by atoms with van der Waals surface area (Å²) in [6, 6.07) is 6.93. The lowest BCUT2D eigenvalue weighted by Crippen LogP contribution is -2.46. The highest BCUT2D eigenvalue weighted by atomic mass is 16.3. The van der Waals surface area contributed by atoms with Crippen molar-refractivity contribution in [3.05, 3.63) is 49.2 Å². The average molecular weight is 389 g/mol. The van der Waals surface area contributed by atoms with Crippen LogP contribution in [0, 0.1) is 0 Å². The van der Waals surface area contributed by atoms with Crippen LogP contribution < -0.4 is 15.1 Å².